The SMILES string of the molecule is CCN(CC)c1cc(C(C)(C)C)c2nc3c(Br)cc(=[N+](CC)CC)cc-3sc2c1. The van der Waals surface area contributed by atoms with Gasteiger partial charge in [-0.25, -0.2) is 9.56 Å². The number of hydrogen-bond acceptors (Lipinski definition) is 3. The Morgan fingerprint density at radius 3 is 2.21 bits per heavy atom. The molecule has 0 aromatic heterocycles. The van der Waals surface area contributed by atoms with Crippen molar-refractivity contribution in [2.24, 2.45) is 0 Å². The summed E-state index contributed by atoms with van der Waals surface area (Å²) in [4.78, 5) is 8.83. The number of fused-ring (bicyclic) bond motifs is 2. The van der Waals surface area contributed by atoms with Gasteiger partial charge in [0.05, 0.1) is 25.3 Å². The van der Waals surface area contributed by atoms with Crippen LogP contribution in [0.3, 0.4) is 0 Å². The van der Waals surface area contributed by atoms with Gasteiger partial charge in [-0.05, 0) is 66.7 Å². The molecular formula is C24H33BrN3S+. The maximum Gasteiger partial charge on any atom is 0.202 e. The predicted molar refractivity (Wildman–Crippen MR) is 133 cm³/mol. The molecule has 3 rings (SSSR count). The van der Waals surface area contributed by atoms with Crippen molar-refractivity contribution in [3.05, 3.63) is 39.7 Å². The van der Waals surface area contributed by atoms with Crippen LogP contribution in [0.25, 0.3) is 20.8 Å². The summed E-state index contributed by atoms with van der Waals surface area (Å²) in [5.74, 6) is 0. The van der Waals surface area contributed by atoms with Crippen LogP contribution in [0.5, 0.6) is 0 Å². The topological polar surface area (TPSA) is 19.1 Å². The molecule has 0 bridgehead atoms. The van der Waals surface area contributed by atoms with Gasteiger partial charge in [-0.1, -0.05) is 20.8 Å². The maximum atomic E-state index is 5.17. The fourth-order valence-electron chi connectivity index (χ4n) is 3.88. The Kier molecular flexibility index (Phi) is 6.69. The lowest BCUT2D eigenvalue weighted by molar-refractivity contribution is 0.594. The smallest absolute Gasteiger partial charge is 0.202 e. The van der Waals surface area contributed by atoms with E-state index >= 15 is 0 Å². The molecule has 2 aliphatic rings. The lowest BCUT2D eigenvalue weighted by Gasteiger charge is -2.27. The molecule has 0 radical (unpaired) electrons. The van der Waals surface area contributed by atoms with Crippen LogP contribution in [0.1, 0.15) is 54.0 Å². The summed E-state index contributed by atoms with van der Waals surface area (Å²) in [6.07, 6.45) is 0. The lowest BCUT2D eigenvalue weighted by atomic mass is 9.86. The Bertz CT molecular complexity index is 1050. The first-order chi connectivity index (χ1) is 13.7. The van der Waals surface area contributed by atoms with Gasteiger partial charge in [-0.2, -0.15) is 0 Å². The highest BCUT2D eigenvalue weighted by molar-refractivity contribution is 9.10. The Morgan fingerprint density at radius 2 is 1.66 bits per heavy atom. The second kappa shape index (κ2) is 8.73. The van der Waals surface area contributed by atoms with Crippen LogP contribution in [0.15, 0.2) is 28.7 Å². The van der Waals surface area contributed by atoms with E-state index < -0.39 is 0 Å². The van der Waals surface area contributed by atoms with E-state index in [0.29, 0.717) is 0 Å². The minimum atomic E-state index is 0.0302. The zero-order valence-electron chi connectivity index (χ0n) is 18.8. The molecule has 29 heavy (non-hydrogen) atoms. The molecule has 1 aliphatic heterocycles. The predicted octanol–water partition coefficient (Wildman–Crippen LogP) is 6.12. The third kappa shape index (κ3) is 4.36. The van der Waals surface area contributed by atoms with E-state index in [1.807, 2.05) is 11.3 Å². The summed E-state index contributed by atoms with van der Waals surface area (Å²) in [6.45, 7) is 19.7. The van der Waals surface area contributed by atoms with E-state index in [1.54, 1.807) is 0 Å². The van der Waals surface area contributed by atoms with Gasteiger partial charge in [0.2, 0.25) is 5.36 Å². The third-order valence-electron chi connectivity index (χ3n) is 5.58. The Balaban J connectivity index is 2.41. The van der Waals surface area contributed by atoms with Gasteiger partial charge in [0.15, 0.2) is 0 Å². The van der Waals surface area contributed by atoms with Crippen LogP contribution in [-0.2, 0) is 5.41 Å². The van der Waals surface area contributed by atoms with Crippen molar-refractivity contribution in [1.29, 1.82) is 0 Å². The third-order valence-corrected chi connectivity index (χ3v) is 7.25. The summed E-state index contributed by atoms with van der Waals surface area (Å²) < 4.78 is 4.71. The second-order valence-corrected chi connectivity index (χ2v) is 10.4. The van der Waals surface area contributed by atoms with Crippen molar-refractivity contribution in [2.75, 3.05) is 31.1 Å². The average Bonchev–Trinajstić information content (AvgIpc) is 2.67. The van der Waals surface area contributed by atoms with Crippen molar-refractivity contribution >= 4 is 43.2 Å². The minimum absolute atomic E-state index is 0.0302. The number of nitrogens with zero attached hydrogens (tertiary/aromatic N) is 3. The van der Waals surface area contributed by atoms with Crippen LogP contribution >= 0.6 is 27.3 Å². The highest BCUT2D eigenvalue weighted by Gasteiger charge is 2.23. The van der Waals surface area contributed by atoms with Crippen LogP contribution in [0.4, 0.5) is 5.69 Å². The van der Waals surface area contributed by atoms with Gasteiger partial charge >= 0.3 is 0 Å². The van der Waals surface area contributed by atoms with Crippen molar-refractivity contribution < 1.29 is 0 Å². The maximum absolute atomic E-state index is 5.17. The summed E-state index contributed by atoms with van der Waals surface area (Å²) in [5.41, 5.74) is 4.82. The molecule has 0 spiro atoms. The van der Waals surface area contributed by atoms with Crippen LogP contribution in [-0.4, -0.2) is 31.2 Å². The molecule has 0 saturated carbocycles. The zero-order chi connectivity index (χ0) is 21.3. The van der Waals surface area contributed by atoms with Crippen molar-refractivity contribution in [1.82, 2.24) is 9.56 Å². The Morgan fingerprint density at radius 1 is 1.00 bits per heavy atom. The van der Waals surface area contributed by atoms with Gasteiger partial charge in [-0.15, -0.1) is 11.3 Å². The lowest BCUT2D eigenvalue weighted by Crippen LogP contribution is -2.29. The van der Waals surface area contributed by atoms with Gasteiger partial charge < -0.3 is 4.90 Å². The molecule has 0 atom stereocenters. The molecule has 5 heteroatoms. The Labute approximate surface area is 187 Å². The molecule has 1 aromatic carbocycles. The zero-order valence-corrected chi connectivity index (χ0v) is 21.2. The normalized spacial score (nSPS) is 12.0. The number of benzene rings is 2. The average molecular weight is 476 g/mol. The van der Waals surface area contributed by atoms with E-state index in [1.165, 1.54) is 26.2 Å². The van der Waals surface area contributed by atoms with Crippen molar-refractivity contribution in [2.45, 2.75) is 53.9 Å². The van der Waals surface area contributed by atoms with Gasteiger partial charge in [0.25, 0.3) is 0 Å². The van der Waals surface area contributed by atoms with Crippen LogP contribution in [0, 0.1) is 0 Å². The molecule has 3 nitrogen and oxygen atoms in total. The molecular weight excluding hydrogens is 442 g/mol. The van der Waals surface area contributed by atoms with Crippen LogP contribution < -0.4 is 14.8 Å². The first-order valence-corrected chi connectivity index (χ1v) is 12.3. The minimum Gasteiger partial charge on any atom is -0.372 e. The summed E-state index contributed by atoms with van der Waals surface area (Å²) in [7, 11) is 0. The molecule has 0 fully saturated rings. The number of hydrogen-bond donors (Lipinski definition) is 0. The van der Waals surface area contributed by atoms with Gasteiger partial charge in [0, 0.05) is 30.9 Å². The van der Waals surface area contributed by atoms with E-state index in [4.69, 9.17) is 4.98 Å². The molecule has 156 valence electrons. The number of aromatic nitrogens is 1. The largest absolute Gasteiger partial charge is 0.372 e. The fourth-order valence-corrected chi connectivity index (χ4v) is 5.65. The Hall–Kier alpha value is -1.46. The van der Waals surface area contributed by atoms with Crippen molar-refractivity contribution in [3.8, 4) is 10.6 Å². The highest BCUT2D eigenvalue weighted by atomic mass is 79.9. The standard InChI is InChI=1S/C24H33BrN3S/c1-8-27(9-2)16-12-18(24(5,6)7)22-20(14-16)29-21-15-17(28(10-3)11-4)13-19(25)23(21)26-22/h12-15H,8-11H2,1-7H3/q+1. The quantitative estimate of drug-likeness (QED) is 0.327. The molecule has 0 saturated heterocycles. The highest BCUT2D eigenvalue weighted by Crippen LogP contribution is 2.40. The van der Waals surface area contributed by atoms with E-state index in [9.17, 15) is 0 Å². The first kappa shape index (κ1) is 22.2. The molecule has 1 heterocycles. The van der Waals surface area contributed by atoms with Crippen molar-refractivity contribution in [3.63, 3.8) is 0 Å². The first-order valence-electron chi connectivity index (χ1n) is 10.6. The summed E-state index contributed by atoms with van der Waals surface area (Å²) >= 11 is 5.66. The van der Waals surface area contributed by atoms with Gasteiger partial charge in [-0.3, -0.25) is 0 Å². The van der Waals surface area contributed by atoms with E-state index in [0.717, 1.165) is 41.9 Å². The molecule has 0 unspecified atom stereocenters. The molecule has 1 aliphatic carbocycles. The summed E-state index contributed by atoms with van der Waals surface area (Å²) in [6, 6.07) is 9.18. The van der Waals surface area contributed by atoms with E-state index in [-0.39, 0.29) is 5.41 Å². The number of halogens is 1. The number of rotatable bonds is 5. The monoisotopic (exact) mass is 474 g/mol. The summed E-state index contributed by atoms with van der Waals surface area (Å²) in [5, 5.41) is 1.25. The second-order valence-electron chi connectivity index (χ2n) is 8.42. The molecule has 0 amide bonds. The number of anilines is 1. The molecule has 0 N–H and O–H groups in total. The molecule has 1 aromatic rings. The fraction of sp³-hybridized carbons (Fsp3) is 0.500. The van der Waals surface area contributed by atoms with Gasteiger partial charge in [0.1, 0.15) is 13.1 Å². The van der Waals surface area contributed by atoms with Crippen LogP contribution in [0.2, 0.25) is 0 Å². The van der Waals surface area contributed by atoms with E-state index in [2.05, 4.69) is 98.1 Å².